The SMILES string of the molecule is COc1ccccc1Cn1cc(C2C(=O)SC(=O)N2C)c2ccccc21. The Morgan fingerprint density at radius 3 is 2.54 bits per heavy atom. The molecule has 1 atom stereocenters. The van der Waals surface area contributed by atoms with Crippen molar-refractivity contribution >= 4 is 33.0 Å². The van der Waals surface area contributed by atoms with Crippen LogP contribution in [-0.4, -0.2) is 34.0 Å². The standard InChI is InChI=1S/C20H18N2O3S/c1-21-18(19(23)26-20(21)24)15-12-22(16-9-5-4-8-14(15)16)11-13-7-3-6-10-17(13)25-2/h3-10,12,18H,11H2,1-2H3. The first-order valence-electron chi connectivity index (χ1n) is 8.28. The van der Waals surface area contributed by atoms with E-state index in [4.69, 9.17) is 4.74 Å². The molecule has 5 nitrogen and oxygen atoms in total. The van der Waals surface area contributed by atoms with Gasteiger partial charge in [0.1, 0.15) is 11.8 Å². The molecule has 4 rings (SSSR count). The minimum Gasteiger partial charge on any atom is -0.496 e. The van der Waals surface area contributed by atoms with Crippen molar-refractivity contribution in [1.82, 2.24) is 9.47 Å². The van der Waals surface area contributed by atoms with E-state index in [1.54, 1.807) is 14.2 Å². The molecular formula is C20H18N2O3S. The molecule has 6 heteroatoms. The molecule has 0 saturated carbocycles. The Hall–Kier alpha value is -2.73. The van der Waals surface area contributed by atoms with Crippen LogP contribution in [0.3, 0.4) is 0 Å². The highest BCUT2D eigenvalue weighted by Gasteiger charge is 2.39. The molecule has 1 aliphatic heterocycles. The van der Waals surface area contributed by atoms with E-state index in [1.807, 2.05) is 54.7 Å². The number of amides is 1. The number of para-hydroxylation sites is 2. The minimum absolute atomic E-state index is 0.127. The maximum absolute atomic E-state index is 12.4. The molecular weight excluding hydrogens is 348 g/mol. The van der Waals surface area contributed by atoms with Crippen molar-refractivity contribution in [2.24, 2.45) is 0 Å². The average Bonchev–Trinajstić information content (AvgIpc) is 3.12. The third-order valence-electron chi connectivity index (χ3n) is 4.73. The maximum Gasteiger partial charge on any atom is 0.289 e. The lowest BCUT2D eigenvalue weighted by Gasteiger charge is -2.16. The van der Waals surface area contributed by atoms with Crippen LogP contribution < -0.4 is 4.74 Å². The van der Waals surface area contributed by atoms with E-state index in [0.717, 1.165) is 39.5 Å². The number of aromatic nitrogens is 1. The molecule has 0 bridgehead atoms. The Kier molecular flexibility index (Phi) is 4.20. The van der Waals surface area contributed by atoms with Crippen molar-refractivity contribution in [1.29, 1.82) is 0 Å². The zero-order chi connectivity index (χ0) is 18.3. The highest BCUT2D eigenvalue weighted by molar-refractivity contribution is 8.26. The second-order valence-corrected chi connectivity index (χ2v) is 7.20. The first kappa shape index (κ1) is 16.7. The monoisotopic (exact) mass is 366 g/mol. The number of thioether (sulfide) groups is 1. The third kappa shape index (κ3) is 2.66. The van der Waals surface area contributed by atoms with Crippen LogP contribution in [-0.2, 0) is 11.3 Å². The van der Waals surface area contributed by atoms with Gasteiger partial charge in [-0.15, -0.1) is 0 Å². The van der Waals surface area contributed by atoms with Gasteiger partial charge in [0.25, 0.3) is 5.24 Å². The molecule has 3 aromatic rings. The maximum atomic E-state index is 12.4. The zero-order valence-corrected chi connectivity index (χ0v) is 15.3. The Morgan fingerprint density at radius 1 is 1.08 bits per heavy atom. The smallest absolute Gasteiger partial charge is 0.289 e. The van der Waals surface area contributed by atoms with Gasteiger partial charge >= 0.3 is 0 Å². The number of likely N-dealkylation sites (N-methyl/N-ethyl adjacent to an activating group) is 1. The van der Waals surface area contributed by atoms with Crippen molar-refractivity contribution in [3.63, 3.8) is 0 Å². The van der Waals surface area contributed by atoms with E-state index in [2.05, 4.69) is 4.57 Å². The van der Waals surface area contributed by atoms with Crippen LogP contribution in [0.5, 0.6) is 5.75 Å². The van der Waals surface area contributed by atoms with Gasteiger partial charge in [0.05, 0.1) is 13.7 Å². The lowest BCUT2D eigenvalue weighted by atomic mass is 10.1. The molecule has 1 aromatic heterocycles. The van der Waals surface area contributed by atoms with Crippen LogP contribution in [0.15, 0.2) is 54.7 Å². The van der Waals surface area contributed by atoms with E-state index in [-0.39, 0.29) is 10.4 Å². The number of methoxy groups -OCH3 is 1. The van der Waals surface area contributed by atoms with E-state index < -0.39 is 6.04 Å². The summed E-state index contributed by atoms with van der Waals surface area (Å²) in [4.78, 5) is 25.8. The molecule has 0 N–H and O–H groups in total. The number of benzene rings is 2. The molecule has 2 aromatic carbocycles. The van der Waals surface area contributed by atoms with E-state index in [1.165, 1.54) is 4.90 Å². The van der Waals surface area contributed by atoms with Crippen LogP contribution in [0, 0.1) is 0 Å². The van der Waals surface area contributed by atoms with Crippen molar-refractivity contribution in [2.45, 2.75) is 12.6 Å². The van der Waals surface area contributed by atoms with Crippen LogP contribution >= 0.6 is 11.8 Å². The second-order valence-electron chi connectivity index (χ2n) is 6.24. The lowest BCUT2D eigenvalue weighted by molar-refractivity contribution is -0.113. The zero-order valence-electron chi connectivity index (χ0n) is 14.5. The summed E-state index contributed by atoms with van der Waals surface area (Å²) in [5, 5.41) is 0.655. The van der Waals surface area contributed by atoms with Crippen molar-refractivity contribution < 1.29 is 14.3 Å². The summed E-state index contributed by atoms with van der Waals surface area (Å²) in [5.41, 5.74) is 2.94. The molecule has 0 radical (unpaired) electrons. The Morgan fingerprint density at radius 2 is 1.81 bits per heavy atom. The van der Waals surface area contributed by atoms with Crippen molar-refractivity contribution in [3.8, 4) is 5.75 Å². The van der Waals surface area contributed by atoms with Gasteiger partial charge in [-0.2, -0.15) is 0 Å². The van der Waals surface area contributed by atoms with Crippen LogP contribution in [0.2, 0.25) is 0 Å². The summed E-state index contributed by atoms with van der Waals surface area (Å²) in [7, 11) is 3.34. The van der Waals surface area contributed by atoms with Gasteiger partial charge in [0.2, 0.25) is 5.12 Å². The number of fused-ring (bicyclic) bond motifs is 1. The molecule has 1 aliphatic rings. The predicted octanol–water partition coefficient (Wildman–Crippen LogP) is 4.06. The Labute approximate surface area is 155 Å². The van der Waals surface area contributed by atoms with E-state index >= 15 is 0 Å². The second kappa shape index (κ2) is 6.53. The fourth-order valence-corrected chi connectivity index (χ4v) is 4.27. The van der Waals surface area contributed by atoms with Crippen molar-refractivity contribution in [2.75, 3.05) is 14.2 Å². The molecule has 0 spiro atoms. The molecule has 2 heterocycles. The number of hydrogen-bond donors (Lipinski definition) is 0. The van der Waals surface area contributed by atoms with Crippen LogP contribution in [0.1, 0.15) is 17.2 Å². The Bertz CT molecular complexity index is 1010. The molecule has 1 saturated heterocycles. The summed E-state index contributed by atoms with van der Waals surface area (Å²) < 4.78 is 7.57. The van der Waals surface area contributed by atoms with Crippen LogP contribution in [0.25, 0.3) is 10.9 Å². The number of nitrogens with zero attached hydrogens (tertiary/aromatic N) is 2. The van der Waals surface area contributed by atoms with Gasteiger partial charge in [-0.1, -0.05) is 36.4 Å². The first-order valence-corrected chi connectivity index (χ1v) is 9.10. The van der Waals surface area contributed by atoms with Gasteiger partial charge in [0.15, 0.2) is 0 Å². The van der Waals surface area contributed by atoms with E-state index in [0.29, 0.717) is 6.54 Å². The number of carbonyl (C=O) groups is 2. The molecule has 1 unspecified atom stereocenters. The van der Waals surface area contributed by atoms with Gasteiger partial charge in [-0.25, -0.2) is 0 Å². The largest absolute Gasteiger partial charge is 0.496 e. The molecule has 0 aliphatic carbocycles. The quantitative estimate of drug-likeness (QED) is 0.699. The van der Waals surface area contributed by atoms with Crippen LogP contribution in [0.4, 0.5) is 4.79 Å². The topological polar surface area (TPSA) is 51.5 Å². The number of hydrogen-bond acceptors (Lipinski definition) is 4. The minimum atomic E-state index is -0.545. The van der Waals surface area contributed by atoms with Gasteiger partial charge in [-0.05, 0) is 12.1 Å². The van der Waals surface area contributed by atoms with Gasteiger partial charge in [0, 0.05) is 47.0 Å². The fourth-order valence-electron chi connectivity index (χ4n) is 3.45. The van der Waals surface area contributed by atoms with Gasteiger partial charge in [-0.3, -0.25) is 9.59 Å². The summed E-state index contributed by atoms with van der Waals surface area (Å²) in [5.74, 6) is 0.826. The van der Waals surface area contributed by atoms with Crippen molar-refractivity contribution in [3.05, 3.63) is 65.9 Å². The predicted molar refractivity (Wildman–Crippen MR) is 103 cm³/mol. The molecule has 26 heavy (non-hydrogen) atoms. The molecule has 132 valence electrons. The summed E-state index contributed by atoms with van der Waals surface area (Å²) in [6, 6.07) is 15.3. The highest BCUT2D eigenvalue weighted by atomic mass is 32.2. The summed E-state index contributed by atoms with van der Waals surface area (Å²) >= 11 is 0.778. The summed E-state index contributed by atoms with van der Waals surface area (Å²) in [6.45, 7) is 0.621. The highest BCUT2D eigenvalue weighted by Crippen LogP contribution is 2.39. The lowest BCUT2D eigenvalue weighted by Crippen LogP contribution is -2.23. The summed E-state index contributed by atoms with van der Waals surface area (Å²) in [6.07, 6.45) is 1.98. The first-order chi connectivity index (χ1) is 12.6. The number of rotatable bonds is 4. The third-order valence-corrected chi connectivity index (χ3v) is 5.62. The normalized spacial score (nSPS) is 17.3. The average molecular weight is 366 g/mol. The number of carbonyl (C=O) groups excluding carboxylic acids is 2. The molecule has 1 amide bonds. The Balaban J connectivity index is 1.82. The van der Waals surface area contributed by atoms with E-state index in [9.17, 15) is 9.59 Å². The fraction of sp³-hybridized carbons (Fsp3) is 0.200. The molecule has 1 fully saturated rings. The van der Waals surface area contributed by atoms with Gasteiger partial charge < -0.3 is 14.2 Å². The number of ether oxygens (including phenoxy) is 1.